The quantitative estimate of drug-likeness (QED) is 0.0560. The maximum Gasteiger partial charge on any atom is 1.00 e. The van der Waals surface area contributed by atoms with Crippen molar-refractivity contribution in [2.45, 2.75) is 46.3 Å². The van der Waals surface area contributed by atoms with Crippen LogP contribution in [0, 0.1) is 29.7 Å². The molecule has 13 rings (SSSR count). The van der Waals surface area contributed by atoms with E-state index in [1.54, 1.807) is 55.4 Å². The summed E-state index contributed by atoms with van der Waals surface area (Å²) in [5.41, 5.74) is 5.83. The molecule has 412 valence electrons. The van der Waals surface area contributed by atoms with Gasteiger partial charge in [-0.15, -0.1) is 0 Å². The van der Waals surface area contributed by atoms with Gasteiger partial charge in [0, 0.05) is 111 Å². The summed E-state index contributed by atoms with van der Waals surface area (Å²) in [5.74, 6) is 1.58. The number of halogens is 3. The van der Waals surface area contributed by atoms with Crippen molar-refractivity contribution in [2.75, 3.05) is 0 Å². The maximum absolute atomic E-state index is 13.2. The van der Waals surface area contributed by atoms with Crippen LogP contribution >= 0.6 is 22.6 Å². The molecular formula is C58H49BF2IKN14O6. The predicted octanol–water partition coefficient (Wildman–Crippen LogP) is 5.97. The molecule has 13 heterocycles. The van der Waals surface area contributed by atoms with Gasteiger partial charge in [-0.1, -0.05) is 7.43 Å². The molecule has 0 radical (unpaired) electrons. The molecule has 25 heteroatoms. The molecule has 0 aliphatic carbocycles. The zero-order chi connectivity index (χ0) is 56.0. The Hall–Kier alpha value is -8.02. The second-order valence-corrected chi connectivity index (χ2v) is 20.1. The van der Waals surface area contributed by atoms with Crippen molar-refractivity contribution in [1.82, 2.24) is 58.6 Å². The molecule has 0 N–H and O–H groups in total. The van der Waals surface area contributed by atoms with Crippen molar-refractivity contribution in [3.63, 3.8) is 0 Å². The van der Waals surface area contributed by atoms with Crippen LogP contribution in [0.3, 0.4) is 0 Å². The van der Waals surface area contributed by atoms with E-state index in [1.165, 1.54) is 42.2 Å². The van der Waals surface area contributed by atoms with Crippen molar-refractivity contribution in [2.24, 2.45) is 0 Å². The third kappa shape index (κ3) is 14.4. The van der Waals surface area contributed by atoms with Crippen LogP contribution < -0.4 is 61.6 Å². The predicted molar refractivity (Wildman–Crippen MR) is 316 cm³/mol. The van der Waals surface area contributed by atoms with Crippen LogP contribution in [0.15, 0.2) is 202 Å². The Morgan fingerprint density at radius 2 is 0.904 bits per heavy atom. The summed E-state index contributed by atoms with van der Waals surface area (Å²) in [5, 5.41) is 24.9. The van der Waals surface area contributed by atoms with Gasteiger partial charge in [-0.2, -0.15) is 4.39 Å². The molecule has 1 saturated heterocycles. The molecule has 83 heavy (non-hydrogen) atoms. The average molecular weight is 1250 g/mol. The minimum Gasteiger partial charge on any atom is -1.00 e. The van der Waals surface area contributed by atoms with Crippen LogP contribution in [0.4, 0.5) is 16.0 Å². The third-order valence-corrected chi connectivity index (χ3v) is 13.9. The number of hydrogen-bond acceptors (Lipinski definition) is 15. The zero-order valence-corrected chi connectivity index (χ0v) is 49.8. The molecule has 0 spiro atoms. The average Bonchev–Trinajstić information content (AvgIpc) is 4.46. The topological polar surface area (TPSA) is 236 Å². The van der Waals surface area contributed by atoms with Gasteiger partial charge in [0.2, 0.25) is 5.95 Å². The van der Waals surface area contributed by atoms with Crippen LogP contribution in [0.2, 0.25) is 0 Å². The molecule has 0 aromatic carbocycles. The van der Waals surface area contributed by atoms with Gasteiger partial charge in [0.05, 0.1) is 46.3 Å². The Morgan fingerprint density at radius 3 is 1.31 bits per heavy atom. The maximum atomic E-state index is 13.2. The minimum absolute atomic E-state index is 0. The molecule has 0 bridgehead atoms. The van der Waals surface area contributed by atoms with Gasteiger partial charge in [0.1, 0.15) is 29.8 Å². The number of fused-ring (bicyclic) bond motifs is 3. The second kappa shape index (κ2) is 27.4. The standard InChI is InChI=1S/C17H11FN4.C17H11N5O2.C12H8IN3.C11H15BN2O4.CH4.FH.K/c18-16-9-13(4-7-20-16)14-1-2-17(21-10-14)22-8-5-12-3-6-19-11-15(12)22;23-22(24)17-9-13(4-7-19-17)14-1-2-16(20-10-14)21-8-5-12-3-6-18-11-15(12)21;13-10-1-2-12(15-7-10)16-6-4-9-3-5-14-8-11(9)16;1-10(2)11(3,4)18-12(17-10)8-5-6-13-9(7-8)14(15)16;;;/h1-11H;1-11H;1-8H;5-7H,1-4H3;1H4;1H;/q;;;;;;+1/p-1/i18-1;;;;;1-1;. The van der Waals surface area contributed by atoms with E-state index in [4.69, 9.17) is 9.31 Å². The number of rotatable bonds is 8. The monoisotopic (exact) mass is 1250 g/mol. The van der Waals surface area contributed by atoms with E-state index >= 15 is 0 Å². The van der Waals surface area contributed by atoms with Crippen LogP contribution in [-0.2, 0) is 9.31 Å². The molecule has 0 unspecified atom stereocenters. The number of pyridine rings is 9. The molecule has 20 nitrogen and oxygen atoms in total. The smallest absolute Gasteiger partial charge is 1.00 e. The minimum atomic E-state index is -0.600. The number of hydrogen-bond donors (Lipinski definition) is 0. The van der Waals surface area contributed by atoms with Crippen LogP contribution in [0.25, 0.3) is 72.4 Å². The van der Waals surface area contributed by atoms with Crippen molar-refractivity contribution >= 4 is 79.5 Å². The molecule has 12 aromatic rings. The van der Waals surface area contributed by atoms with Crippen molar-refractivity contribution in [3.05, 3.63) is 232 Å². The van der Waals surface area contributed by atoms with Crippen molar-refractivity contribution in [1.29, 1.82) is 0 Å². The normalized spacial score (nSPS) is 12.7. The van der Waals surface area contributed by atoms with Crippen molar-refractivity contribution < 1.29 is 79.6 Å². The largest absolute Gasteiger partial charge is 1.00 e. The molecular weight excluding hydrogens is 1200 g/mol. The van der Waals surface area contributed by atoms with Gasteiger partial charge in [0.15, 0.2) is 0 Å². The summed E-state index contributed by atoms with van der Waals surface area (Å²) in [6.45, 7) is 7.73. The first-order chi connectivity index (χ1) is 38.6. The Balaban J connectivity index is 0.000000159. The Bertz CT molecular complexity index is 4160. The number of aromatic nitrogens is 12. The van der Waals surface area contributed by atoms with E-state index < -0.39 is 34.1 Å². The first-order valence-corrected chi connectivity index (χ1v) is 25.7. The molecule has 0 atom stereocenters. The van der Waals surface area contributed by atoms with E-state index in [-0.39, 0.29) is 75.2 Å². The van der Waals surface area contributed by atoms with Crippen LogP contribution in [0.5, 0.6) is 0 Å². The first-order valence-electron chi connectivity index (χ1n) is 24.6. The van der Waals surface area contributed by atoms with Gasteiger partial charge in [-0.3, -0.25) is 28.7 Å². The van der Waals surface area contributed by atoms with E-state index in [0.717, 1.165) is 65.0 Å². The number of nitrogens with zero attached hydrogens (tertiary/aromatic N) is 14. The second-order valence-electron chi connectivity index (χ2n) is 18.8. The Morgan fingerprint density at radius 1 is 0.494 bits per heavy atom. The molecule has 1 fully saturated rings. The van der Waals surface area contributed by atoms with E-state index in [1.807, 2.05) is 145 Å². The van der Waals surface area contributed by atoms with E-state index in [9.17, 15) is 24.6 Å². The summed E-state index contributed by atoms with van der Waals surface area (Å²) < 4.78 is 31.9. The molecule has 0 amide bonds. The van der Waals surface area contributed by atoms with E-state index in [2.05, 4.69) is 73.5 Å². The SMILES string of the molecule is C.CC1(C)OB(c2ccnc([N+](=O)[O-])c2)OC1(C)C.Ic1ccc(-n2ccc3ccncc32)nc1.O=[N+]([O-])c1cc(-c2ccc(-n3ccc4ccncc43)nc2)ccn1.[18F-].[18F]c1cc(-c2ccc(-n3ccc4ccncc43)nc2)ccn1.[K+]. The molecule has 1 aliphatic rings. The fourth-order valence-electron chi connectivity index (χ4n) is 8.37. The van der Waals surface area contributed by atoms with E-state index in [0.29, 0.717) is 11.0 Å². The van der Waals surface area contributed by atoms with Gasteiger partial charge in [0.25, 0.3) is 0 Å². The van der Waals surface area contributed by atoms with Crippen LogP contribution in [-0.4, -0.2) is 86.7 Å². The number of nitro groups is 2. The summed E-state index contributed by atoms with van der Waals surface area (Å²) >= 11 is 2.25. The van der Waals surface area contributed by atoms with Crippen LogP contribution in [0.1, 0.15) is 35.1 Å². The molecule has 12 aromatic heterocycles. The Kier molecular flexibility index (Phi) is 20.6. The third-order valence-electron chi connectivity index (χ3n) is 13.2. The molecule has 0 saturated carbocycles. The fraction of sp³-hybridized carbons (Fsp3) is 0.121. The first kappa shape index (κ1) is 62.6. The van der Waals surface area contributed by atoms with Gasteiger partial charge >= 0.3 is 70.1 Å². The summed E-state index contributed by atoms with van der Waals surface area (Å²) in [7, 11) is -0.600. The fourth-order valence-corrected chi connectivity index (χ4v) is 8.69. The molecule has 1 aliphatic heterocycles. The zero-order valence-electron chi connectivity index (χ0n) is 44.5. The summed E-state index contributed by atoms with van der Waals surface area (Å²) in [6, 6.07) is 33.0. The summed E-state index contributed by atoms with van der Waals surface area (Å²) in [6.07, 6.45) is 26.2. The summed E-state index contributed by atoms with van der Waals surface area (Å²) in [4.78, 5) is 57.2. The van der Waals surface area contributed by atoms with Gasteiger partial charge < -0.3 is 34.2 Å². The Labute approximate surface area is 530 Å². The van der Waals surface area contributed by atoms with Crippen molar-refractivity contribution in [3.8, 4) is 39.7 Å². The van der Waals surface area contributed by atoms with Gasteiger partial charge in [-0.05, 0) is 178 Å². The van der Waals surface area contributed by atoms with Gasteiger partial charge in [-0.25, -0.2) is 19.9 Å².